The Hall–Kier alpha value is -2.67. The number of hydrogen-bond acceptors (Lipinski definition) is 3. The summed E-state index contributed by atoms with van der Waals surface area (Å²) in [7, 11) is 0. The molecule has 3 rings (SSSR count). The van der Waals surface area contributed by atoms with E-state index in [-0.39, 0.29) is 0 Å². The van der Waals surface area contributed by atoms with Crippen LogP contribution in [-0.2, 0) is 9.59 Å². The van der Waals surface area contributed by atoms with Gasteiger partial charge >= 0.3 is 11.8 Å². The number of nitrogens with zero attached hydrogens (tertiary/aromatic N) is 2. The smallest absolute Gasteiger partial charge is 0.314 e. The van der Waals surface area contributed by atoms with Crippen molar-refractivity contribution >= 4 is 34.8 Å². The van der Waals surface area contributed by atoms with Crippen LogP contribution >= 0.6 is 11.6 Å². The van der Waals surface area contributed by atoms with Crippen LogP contribution in [-0.4, -0.2) is 42.9 Å². The van der Waals surface area contributed by atoms with E-state index in [9.17, 15) is 18.4 Å². The van der Waals surface area contributed by atoms with Crippen molar-refractivity contribution in [1.82, 2.24) is 4.90 Å². The lowest BCUT2D eigenvalue weighted by Gasteiger charge is -2.35. The third-order valence-corrected chi connectivity index (χ3v) is 4.37. The fraction of sp³-hybridized carbons (Fsp3) is 0.222. The second-order valence-electron chi connectivity index (χ2n) is 5.81. The quantitative estimate of drug-likeness (QED) is 0.816. The molecule has 0 aromatic heterocycles. The number of carbonyl (C=O) groups excluding carboxylic acids is 2. The maximum absolute atomic E-state index is 13.6. The number of amides is 2. The van der Waals surface area contributed by atoms with Crippen molar-refractivity contribution in [2.45, 2.75) is 0 Å². The highest BCUT2D eigenvalue weighted by Crippen LogP contribution is 2.21. The molecule has 136 valence electrons. The van der Waals surface area contributed by atoms with Crippen LogP contribution in [0.2, 0.25) is 5.02 Å². The third-order valence-electron chi connectivity index (χ3n) is 4.14. The van der Waals surface area contributed by atoms with Gasteiger partial charge in [0.25, 0.3) is 0 Å². The highest BCUT2D eigenvalue weighted by molar-refractivity contribution is 6.39. The molecule has 1 N–H and O–H groups in total. The fourth-order valence-corrected chi connectivity index (χ4v) is 2.95. The Morgan fingerprint density at radius 1 is 0.962 bits per heavy atom. The lowest BCUT2D eigenvalue weighted by Crippen LogP contribution is -2.51. The van der Waals surface area contributed by atoms with Crippen LogP contribution < -0.4 is 10.2 Å². The number of halogens is 3. The van der Waals surface area contributed by atoms with E-state index in [4.69, 9.17) is 11.6 Å². The molecule has 0 unspecified atom stereocenters. The summed E-state index contributed by atoms with van der Waals surface area (Å²) in [5.74, 6) is -3.75. The van der Waals surface area contributed by atoms with Gasteiger partial charge in [0.1, 0.15) is 17.3 Å². The van der Waals surface area contributed by atoms with Gasteiger partial charge in [-0.25, -0.2) is 8.78 Å². The molecule has 2 amide bonds. The molecule has 1 aliphatic rings. The van der Waals surface area contributed by atoms with Crippen molar-refractivity contribution in [2.24, 2.45) is 0 Å². The van der Waals surface area contributed by atoms with Crippen LogP contribution in [0.3, 0.4) is 0 Å². The van der Waals surface area contributed by atoms with E-state index in [1.54, 1.807) is 6.07 Å². The van der Waals surface area contributed by atoms with Crippen LogP contribution in [0.1, 0.15) is 0 Å². The number of para-hydroxylation sites is 1. The second-order valence-corrected chi connectivity index (χ2v) is 6.25. The molecule has 1 fully saturated rings. The van der Waals surface area contributed by atoms with E-state index in [2.05, 4.69) is 0 Å². The van der Waals surface area contributed by atoms with Gasteiger partial charge in [-0.3, -0.25) is 9.59 Å². The number of anilines is 2. The highest BCUT2D eigenvalue weighted by atomic mass is 35.5. The van der Waals surface area contributed by atoms with Crippen LogP contribution in [0.25, 0.3) is 0 Å². The maximum Gasteiger partial charge on any atom is 0.314 e. The molecule has 0 spiro atoms. The molecule has 1 heterocycles. The van der Waals surface area contributed by atoms with Gasteiger partial charge in [-0.15, -0.1) is 0 Å². The zero-order chi connectivity index (χ0) is 18.7. The fourth-order valence-electron chi connectivity index (χ4n) is 2.77. The van der Waals surface area contributed by atoms with Crippen molar-refractivity contribution < 1.29 is 18.4 Å². The number of piperazine rings is 1. The average Bonchev–Trinajstić information content (AvgIpc) is 2.64. The molecule has 0 saturated carbocycles. The van der Waals surface area contributed by atoms with Crippen LogP contribution in [0, 0.1) is 11.6 Å². The minimum Gasteiger partial charge on any atom is -0.368 e. The number of rotatable bonds is 2. The Kier molecular flexibility index (Phi) is 5.37. The van der Waals surface area contributed by atoms with Gasteiger partial charge < -0.3 is 15.1 Å². The summed E-state index contributed by atoms with van der Waals surface area (Å²) >= 11 is 5.98. The van der Waals surface area contributed by atoms with Gasteiger partial charge in [-0.05, 0) is 30.3 Å². The van der Waals surface area contributed by atoms with Gasteiger partial charge in [0.05, 0.1) is 0 Å². The summed E-state index contributed by atoms with van der Waals surface area (Å²) in [6.07, 6.45) is 0. The molecule has 1 saturated heterocycles. The van der Waals surface area contributed by atoms with Crippen LogP contribution in [0.4, 0.5) is 20.2 Å². The number of nitrogens with one attached hydrogen (secondary N) is 1. The first-order valence-corrected chi connectivity index (χ1v) is 8.38. The molecule has 26 heavy (non-hydrogen) atoms. The lowest BCUT2D eigenvalue weighted by molar-refractivity contribution is -0.143. The van der Waals surface area contributed by atoms with Crippen molar-refractivity contribution in [3.63, 3.8) is 0 Å². The van der Waals surface area contributed by atoms with Crippen LogP contribution in [0.15, 0.2) is 42.5 Å². The summed E-state index contributed by atoms with van der Waals surface area (Å²) in [6, 6.07) is 10.5. The van der Waals surface area contributed by atoms with Crippen molar-refractivity contribution in [3.05, 3.63) is 59.1 Å². The third kappa shape index (κ3) is 3.94. The summed E-state index contributed by atoms with van der Waals surface area (Å²) in [5, 5.41) is 2.63. The zero-order valence-electron chi connectivity index (χ0n) is 13.7. The van der Waals surface area contributed by atoms with E-state index >= 15 is 0 Å². The second kappa shape index (κ2) is 7.70. The van der Waals surface area contributed by atoms with E-state index in [1.807, 2.05) is 28.4 Å². The number of carbonyl (C=O) groups is 2. The Labute approximate surface area is 154 Å². The Balaban J connectivity index is 1.60. The van der Waals surface area contributed by atoms with Gasteiger partial charge in [0, 0.05) is 36.9 Å². The first-order valence-electron chi connectivity index (χ1n) is 8.00. The van der Waals surface area contributed by atoms with Crippen LogP contribution in [0.5, 0.6) is 0 Å². The van der Waals surface area contributed by atoms with E-state index in [0.717, 1.165) is 17.8 Å². The maximum atomic E-state index is 13.6. The van der Waals surface area contributed by atoms with Crippen molar-refractivity contribution in [1.29, 1.82) is 0 Å². The SMILES string of the molecule is O=C(Nc1c(F)cccc1F)C(=O)N1CCN(c2cccc(Cl)c2)CC1. The predicted molar refractivity (Wildman–Crippen MR) is 95.2 cm³/mol. The van der Waals surface area contributed by atoms with Crippen molar-refractivity contribution in [2.75, 3.05) is 36.4 Å². The zero-order valence-corrected chi connectivity index (χ0v) is 14.5. The molecule has 0 bridgehead atoms. The topological polar surface area (TPSA) is 52.7 Å². The molecule has 8 heteroatoms. The molecule has 2 aromatic rings. The minimum atomic E-state index is -1.06. The summed E-state index contributed by atoms with van der Waals surface area (Å²) in [5.41, 5.74) is 0.311. The monoisotopic (exact) mass is 379 g/mol. The summed E-state index contributed by atoms with van der Waals surface area (Å²) < 4.78 is 27.2. The largest absolute Gasteiger partial charge is 0.368 e. The molecule has 0 atom stereocenters. The Morgan fingerprint density at radius 2 is 1.58 bits per heavy atom. The summed E-state index contributed by atoms with van der Waals surface area (Å²) in [4.78, 5) is 27.7. The molecule has 2 aromatic carbocycles. The average molecular weight is 380 g/mol. The first-order chi connectivity index (χ1) is 12.5. The Bertz CT molecular complexity index is 819. The highest BCUT2D eigenvalue weighted by Gasteiger charge is 2.27. The number of hydrogen-bond donors (Lipinski definition) is 1. The van der Waals surface area contributed by atoms with Gasteiger partial charge in [-0.2, -0.15) is 0 Å². The Morgan fingerprint density at radius 3 is 2.19 bits per heavy atom. The van der Waals surface area contributed by atoms with E-state index in [0.29, 0.717) is 31.2 Å². The standard InChI is InChI=1S/C18H16ClF2N3O2/c19-12-3-1-4-13(11-12)23-7-9-24(10-8-23)18(26)17(25)22-16-14(20)5-2-6-15(16)21/h1-6,11H,7-10H2,(H,22,25). The van der Waals surface area contributed by atoms with Crippen molar-refractivity contribution in [3.8, 4) is 0 Å². The molecular weight excluding hydrogens is 364 g/mol. The van der Waals surface area contributed by atoms with Gasteiger partial charge in [0.2, 0.25) is 0 Å². The van der Waals surface area contributed by atoms with E-state index in [1.165, 1.54) is 11.0 Å². The van der Waals surface area contributed by atoms with E-state index < -0.39 is 29.1 Å². The van der Waals surface area contributed by atoms with Gasteiger partial charge in [0.15, 0.2) is 0 Å². The van der Waals surface area contributed by atoms with Gasteiger partial charge in [-0.1, -0.05) is 23.7 Å². The normalized spacial score (nSPS) is 14.3. The predicted octanol–water partition coefficient (Wildman–Crippen LogP) is 2.91. The molecule has 0 radical (unpaired) electrons. The number of benzene rings is 2. The minimum absolute atomic E-state index is 0.318. The summed E-state index contributed by atoms with van der Waals surface area (Å²) in [6.45, 7) is 1.68. The lowest BCUT2D eigenvalue weighted by atomic mass is 10.2. The molecular formula is C18H16ClF2N3O2. The molecule has 0 aliphatic carbocycles. The molecule has 5 nitrogen and oxygen atoms in total. The molecule has 1 aliphatic heterocycles. The first kappa shape index (κ1) is 18.1.